The largest absolute Gasteiger partial charge is 0.490 e. The van der Waals surface area contributed by atoms with E-state index in [1.165, 1.54) is 11.8 Å². The van der Waals surface area contributed by atoms with Gasteiger partial charge in [-0.05, 0) is 31.2 Å². The van der Waals surface area contributed by atoms with Gasteiger partial charge in [0.2, 0.25) is 0 Å². The second kappa shape index (κ2) is 6.69. The van der Waals surface area contributed by atoms with Crippen LogP contribution in [0.15, 0.2) is 52.3 Å². The third kappa shape index (κ3) is 2.74. The van der Waals surface area contributed by atoms with Crippen molar-refractivity contribution in [3.63, 3.8) is 0 Å². The van der Waals surface area contributed by atoms with Crippen molar-refractivity contribution >= 4 is 22.8 Å². The predicted octanol–water partition coefficient (Wildman–Crippen LogP) is 2.43. The molecule has 0 amide bonds. The molecule has 0 aromatic carbocycles. The van der Waals surface area contributed by atoms with Crippen molar-refractivity contribution in [2.24, 2.45) is 0 Å². The van der Waals surface area contributed by atoms with Crippen molar-refractivity contribution in [1.29, 1.82) is 0 Å². The van der Waals surface area contributed by atoms with Crippen molar-refractivity contribution < 1.29 is 9.84 Å². The molecule has 1 fully saturated rings. The van der Waals surface area contributed by atoms with E-state index in [0.29, 0.717) is 35.6 Å². The first kappa shape index (κ1) is 18.1. The highest BCUT2D eigenvalue weighted by Gasteiger charge is 2.42. The van der Waals surface area contributed by atoms with Crippen LogP contribution in [0.2, 0.25) is 0 Å². The second-order valence-electron chi connectivity index (χ2n) is 6.74. The Morgan fingerprint density at radius 1 is 1.56 bits per heavy atom. The first-order valence-corrected chi connectivity index (χ1v) is 10.2. The summed E-state index contributed by atoms with van der Waals surface area (Å²) in [6.07, 6.45) is 10.4. The molecule has 1 saturated heterocycles. The van der Waals surface area contributed by atoms with Gasteiger partial charge in [-0.3, -0.25) is 9.48 Å². The number of ether oxygens (including phenoxy) is 1. The van der Waals surface area contributed by atoms with Crippen LogP contribution in [0.4, 0.5) is 0 Å². The van der Waals surface area contributed by atoms with Crippen LogP contribution in [0, 0.1) is 0 Å². The van der Waals surface area contributed by atoms with Gasteiger partial charge in [-0.2, -0.15) is 0 Å². The quantitative estimate of drug-likeness (QED) is 0.483. The van der Waals surface area contributed by atoms with E-state index in [2.05, 4.69) is 16.5 Å². The van der Waals surface area contributed by atoms with Crippen molar-refractivity contribution in [3.8, 4) is 0 Å². The fraction of sp³-hybridized carbons (Fsp3) is 0.421. The minimum absolute atomic E-state index is 0.140. The molecule has 2 atom stereocenters. The van der Waals surface area contributed by atoms with Gasteiger partial charge in [-0.1, -0.05) is 24.8 Å². The molecule has 8 heteroatoms. The number of rotatable bonds is 5. The molecule has 142 valence electrons. The molecule has 0 spiro atoms. The zero-order valence-corrected chi connectivity index (χ0v) is 16.2. The summed E-state index contributed by atoms with van der Waals surface area (Å²) < 4.78 is 9.21. The summed E-state index contributed by atoms with van der Waals surface area (Å²) in [7, 11) is 0. The zero-order chi connectivity index (χ0) is 19.2. The van der Waals surface area contributed by atoms with Gasteiger partial charge in [0.15, 0.2) is 10.8 Å². The molecule has 1 N–H and O–H groups in total. The number of hydrogen-bond acceptors (Lipinski definition) is 6. The predicted molar refractivity (Wildman–Crippen MR) is 105 cm³/mol. The van der Waals surface area contributed by atoms with Gasteiger partial charge in [0, 0.05) is 11.8 Å². The monoisotopic (exact) mass is 386 g/mol. The number of aliphatic hydroxyl groups is 1. The fourth-order valence-corrected chi connectivity index (χ4v) is 4.04. The molecular weight excluding hydrogens is 364 g/mol. The first-order valence-electron chi connectivity index (χ1n) is 8.93. The molecule has 0 bridgehead atoms. The summed E-state index contributed by atoms with van der Waals surface area (Å²) >= 11 is 1.43. The van der Waals surface area contributed by atoms with Gasteiger partial charge in [0.1, 0.15) is 23.4 Å². The third-order valence-corrected chi connectivity index (χ3v) is 5.77. The molecule has 2 unspecified atom stereocenters. The second-order valence-corrected chi connectivity index (χ2v) is 7.51. The van der Waals surface area contributed by atoms with Crippen molar-refractivity contribution in [2.45, 2.75) is 43.1 Å². The summed E-state index contributed by atoms with van der Waals surface area (Å²) in [5.41, 5.74) is 0.258. The molecule has 2 aliphatic rings. The van der Waals surface area contributed by atoms with Crippen LogP contribution in [0.5, 0.6) is 0 Å². The summed E-state index contributed by atoms with van der Waals surface area (Å²) in [4.78, 5) is 21.7. The summed E-state index contributed by atoms with van der Waals surface area (Å²) in [5.74, 6) is 0.740. The number of hydrogen-bond donors (Lipinski definition) is 1. The lowest BCUT2D eigenvalue weighted by molar-refractivity contribution is 0.0455. The van der Waals surface area contributed by atoms with Crippen LogP contribution in [-0.4, -0.2) is 42.9 Å². The molecule has 1 aliphatic carbocycles. The normalized spacial score (nSPS) is 24.3. The highest BCUT2D eigenvalue weighted by Crippen LogP contribution is 2.41. The Hall–Kier alpha value is -2.32. The van der Waals surface area contributed by atoms with E-state index in [-0.39, 0.29) is 18.2 Å². The van der Waals surface area contributed by atoms with E-state index >= 15 is 0 Å². The number of thioether (sulfide) groups is 1. The summed E-state index contributed by atoms with van der Waals surface area (Å²) in [6, 6.07) is -0.154. The van der Waals surface area contributed by atoms with E-state index in [1.54, 1.807) is 17.0 Å². The SMILES string of the molecule is C=CCn1c(=O)c2cnc(SC)nc2n1C1C=C2C(=CC1)OCC2(O)CC. The molecule has 3 heterocycles. The minimum atomic E-state index is -0.990. The van der Waals surface area contributed by atoms with Gasteiger partial charge in [0.25, 0.3) is 5.56 Å². The Bertz CT molecular complexity index is 1040. The summed E-state index contributed by atoms with van der Waals surface area (Å²) in [5, 5.41) is 12.0. The van der Waals surface area contributed by atoms with E-state index < -0.39 is 5.60 Å². The molecule has 27 heavy (non-hydrogen) atoms. The fourth-order valence-electron chi connectivity index (χ4n) is 3.70. The van der Waals surface area contributed by atoms with E-state index in [1.807, 2.05) is 30.0 Å². The molecule has 0 radical (unpaired) electrons. The molecule has 2 aromatic rings. The highest BCUT2D eigenvalue weighted by atomic mass is 32.2. The van der Waals surface area contributed by atoms with Gasteiger partial charge in [-0.15, -0.1) is 6.58 Å². The van der Waals surface area contributed by atoms with Crippen LogP contribution in [0.3, 0.4) is 0 Å². The molecule has 4 rings (SSSR count). The van der Waals surface area contributed by atoms with Crippen molar-refractivity contribution in [2.75, 3.05) is 12.9 Å². The Balaban J connectivity index is 1.92. The molecule has 0 saturated carbocycles. The Kier molecular flexibility index (Phi) is 4.47. The van der Waals surface area contributed by atoms with Crippen LogP contribution in [0.25, 0.3) is 11.0 Å². The maximum atomic E-state index is 12.9. The maximum absolute atomic E-state index is 12.9. The number of allylic oxidation sites excluding steroid dienone is 3. The molecular formula is C19H22N4O3S. The Morgan fingerprint density at radius 3 is 3.07 bits per heavy atom. The standard InChI is InChI=1S/C19H22N4O3S/c1-4-8-22-17(24)13-10-20-18(27-3)21-16(13)23(22)12-6-7-15-14(9-12)19(25,5-2)11-26-15/h4,7,9-10,12,25H,1,5-6,8,11H2,2-3H3. The third-order valence-electron chi connectivity index (χ3n) is 5.21. The summed E-state index contributed by atoms with van der Waals surface area (Å²) in [6.45, 7) is 6.35. The smallest absolute Gasteiger partial charge is 0.278 e. The lowest BCUT2D eigenvalue weighted by Crippen LogP contribution is -2.32. The Morgan fingerprint density at radius 2 is 2.37 bits per heavy atom. The minimum Gasteiger partial charge on any atom is -0.490 e. The molecule has 7 nitrogen and oxygen atoms in total. The topological polar surface area (TPSA) is 82.2 Å². The lowest BCUT2D eigenvalue weighted by Gasteiger charge is -2.26. The van der Waals surface area contributed by atoms with Crippen molar-refractivity contribution in [3.05, 3.63) is 52.7 Å². The van der Waals surface area contributed by atoms with E-state index in [4.69, 9.17) is 4.74 Å². The van der Waals surface area contributed by atoms with Gasteiger partial charge in [0.05, 0.1) is 12.6 Å². The number of aromatic nitrogens is 4. The Labute approximate surface area is 161 Å². The average Bonchev–Trinajstić information content (AvgIpc) is 3.17. The van der Waals surface area contributed by atoms with Gasteiger partial charge < -0.3 is 9.84 Å². The first-order chi connectivity index (χ1) is 13.0. The molecule has 1 aliphatic heterocycles. The van der Waals surface area contributed by atoms with Crippen LogP contribution in [0.1, 0.15) is 25.8 Å². The van der Waals surface area contributed by atoms with E-state index in [0.717, 1.165) is 11.3 Å². The van der Waals surface area contributed by atoms with Crippen LogP contribution >= 0.6 is 11.8 Å². The number of nitrogens with zero attached hydrogens (tertiary/aromatic N) is 4. The highest BCUT2D eigenvalue weighted by molar-refractivity contribution is 7.98. The molecule has 2 aromatic heterocycles. The maximum Gasteiger partial charge on any atom is 0.278 e. The lowest BCUT2D eigenvalue weighted by atomic mass is 9.88. The van der Waals surface area contributed by atoms with Crippen LogP contribution < -0.4 is 5.56 Å². The zero-order valence-electron chi connectivity index (χ0n) is 15.4. The van der Waals surface area contributed by atoms with Gasteiger partial charge in [-0.25, -0.2) is 14.6 Å². The average molecular weight is 386 g/mol. The van der Waals surface area contributed by atoms with E-state index in [9.17, 15) is 9.90 Å². The van der Waals surface area contributed by atoms with Gasteiger partial charge >= 0.3 is 0 Å². The van der Waals surface area contributed by atoms with Crippen molar-refractivity contribution in [1.82, 2.24) is 19.3 Å². The van der Waals surface area contributed by atoms with Crippen LogP contribution in [-0.2, 0) is 11.3 Å². The number of fused-ring (bicyclic) bond motifs is 2.